The Morgan fingerprint density at radius 2 is 2.12 bits per heavy atom. The van der Waals surface area contributed by atoms with Gasteiger partial charge >= 0.3 is 0 Å². The topological polar surface area (TPSA) is 24.9 Å². The lowest BCUT2D eigenvalue weighted by Crippen LogP contribution is -1.96. The van der Waals surface area contributed by atoms with Crippen LogP contribution in [0.1, 0.15) is 5.69 Å². The fraction of sp³-hybridized carbons (Fsp3) is 0.154. The second kappa shape index (κ2) is 4.82. The third-order valence-electron chi connectivity index (χ3n) is 2.17. The average Bonchev–Trinajstić information content (AvgIpc) is 2.69. The summed E-state index contributed by atoms with van der Waals surface area (Å²) in [5, 5.41) is 5.25. The molecular weight excluding hydrogens is 216 g/mol. The predicted molar refractivity (Wildman–Crippen MR) is 69.6 cm³/mol. The molecular formula is C13H12N2S. The van der Waals surface area contributed by atoms with Crippen LogP contribution in [0.4, 0.5) is 5.00 Å². The second-order valence-electron chi connectivity index (χ2n) is 3.36. The molecule has 1 heterocycles. The molecule has 2 nitrogen and oxygen atoms in total. The van der Waals surface area contributed by atoms with Crippen LogP contribution in [-0.2, 0) is 0 Å². The van der Waals surface area contributed by atoms with E-state index in [-0.39, 0.29) is 0 Å². The molecule has 0 aliphatic rings. The van der Waals surface area contributed by atoms with E-state index in [1.54, 1.807) is 11.3 Å². The van der Waals surface area contributed by atoms with E-state index in [1.807, 2.05) is 25.1 Å². The smallest absolute Gasteiger partial charge is 0.125 e. The highest BCUT2D eigenvalue weighted by Crippen LogP contribution is 2.31. The van der Waals surface area contributed by atoms with Gasteiger partial charge in [-0.15, -0.1) is 6.42 Å². The van der Waals surface area contributed by atoms with Gasteiger partial charge < -0.3 is 5.32 Å². The van der Waals surface area contributed by atoms with Crippen molar-refractivity contribution in [2.24, 2.45) is 0 Å². The number of nitrogens with zero attached hydrogens (tertiary/aromatic N) is 1. The molecule has 1 N–H and O–H groups in total. The summed E-state index contributed by atoms with van der Waals surface area (Å²) >= 11 is 1.63. The minimum absolute atomic E-state index is 0.539. The zero-order chi connectivity index (χ0) is 11.4. The van der Waals surface area contributed by atoms with Crippen molar-refractivity contribution in [2.45, 2.75) is 6.92 Å². The van der Waals surface area contributed by atoms with Crippen molar-refractivity contribution < 1.29 is 0 Å². The molecule has 0 bridgehead atoms. The third-order valence-corrected chi connectivity index (χ3v) is 3.33. The Kier molecular flexibility index (Phi) is 3.23. The molecule has 0 amide bonds. The number of anilines is 1. The fourth-order valence-corrected chi connectivity index (χ4v) is 2.36. The number of thiazole rings is 1. The van der Waals surface area contributed by atoms with Crippen molar-refractivity contribution in [3.63, 3.8) is 0 Å². The van der Waals surface area contributed by atoms with Crippen LogP contribution in [0.3, 0.4) is 0 Å². The first-order valence-corrected chi connectivity index (χ1v) is 5.83. The fourth-order valence-electron chi connectivity index (χ4n) is 1.40. The summed E-state index contributed by atoms with van der Waals surface area (Å²) in [7, 11) is 0. The van der Waals surface area contributed by atoms with Crippen LogP contribution >= 0.6 is 11.3 Å². The maximum absolute atomic E-state index is 5.22. The van der Waals surface area contributed by atoms with E-state index in [0.29, 0.717) is 6.54 Å². The third kappa shape index (κ3) is 2.23. The molecule has 1 aromatic carbocycles. The molecule has 0 fully saturated rings. The van der Waals surface area contributed by atoms with Gasteiger partial charge in [0.05, 0.1) is 12.2 Å². The van der Waals surface area contributed by atoms with Crippen molar-refractivity contribution in [3.8, 4) is 22.9 Å². The summed E-state index contributed by atoms with van der Waals surface area (Å²) in [5.41, 5.74) is 2.14. The van der Waals surface area contributed by atoms with E-state index in [0.717, 1.165) is 21.3 Å². The van der Waals surface area contributed by atoms with E-state index in [4.69, 9.17) is 6.42 Å². The molecule has 0 saturated heterocycles. The van der Waals surface area contributed by atoms with Gasteiger partial charge in [-0.1, -0.05) is 47.6 Å². The standard InChI is InChI=1S/C13H12N2S/c1-3-9-14-12-10(2)15-13(16-12)11-7-5-4-6-8-11/h1,4-8,14H,9H2,2H3. The number of terminal acetylenes is 1. The minimum Gasteiger partial charge on any atom is -0.364 e. The Labute approximate surface area is 99.4 Å². The van der Waals surface area contributed by atoms with Gasteiger partial charge in [0.15, 0.2) is 0 Å². The molecule has 0 saturated carbocycles. The largest absolute Gasteiger partial charge is 0.364 e. The van der Waals surface area contributed by atoms with Crippen molar-refractivity contribution in [3.05, 3.63) is 36.0 Å². The number of benzene rings is 1. The highest BCUT2D eigenvalue weighted by Gasteiger charge is 2.07. The first-order valence-electron chi connectivity index (χ1n) is 5.01. The minimum atomic E-state index is 0.539. The zero-order valence-corrected chi connectivity index (χ0v) is 9.84. The first kappa shape index (κ1) is 10.7. The number of nitrogens with one attached hydrogen (secondary N) is 1. The Morgan fingerprint density at radius 3 is 2.81 bits per heavy atom. The van der Waals surface area contributed by atoms with Gasteiger partial charge in [-0.05, 0) is 6.92 Å². The highest BCUT2D eigenvalue weighted by molar-refractivity contribution is 7.19. The lowest BCUT2D eigenvalue weighted by Gasteiger charge is -1.96. The van der Waals surface area contributed by atoms with Gasteiger partial charge in [0.25, 0.3) is 0 Å². The van der Waals surface area contributed by atoms with Gasteiger partial charge in [-0.25, -0.2) is 4.98 Å². The van der Waals surface area contributed by atoms with Gasteiger partial charge in [0.2, 0.25) is 0 Å². The maximum Gasteiger partial charge on any atom is 0.125 e. The van der Waals surface area contributed by atoms with Crippen molar-refractivity contribution >= 4 is 16.3 Å². The SMILES string of the molecule is C#CCNc1sc(-c2ccccc2)nc1C. The summed E-state index contributed by atoms with van der Waals surface area (Å²) < 4.78 is 0. The van der Waals surface area contributed by atoms with Crippen LogP contribution in [-0.4, -0.2) is 11.5 Å². The molecule has 0 aliphatic carbocycles. The molecule has 2 aromatic rings. The Balaban J connectivity index is 2.28. The molecule has 3 heteroatoms. The summed E-state index contributed by atoms with van der Waals surface area (Å²) in [6, 6.07) is 10.1. The van der Waals surface area contributed by atoms with Crippen LogP contribution < -0.4 is 5.32 Å². The molecule has 0 aliphatic heterocycles. The number of hydrogen-bond donors (Lipinski definition) is 1. The summed E-state index contributed by atoms with van der Waals surface area (Å²) in [6.45, 7) is 2.53. The zero-order valence-electron chi connectivity index (χ0n) is 9.03. The van der Waals surface area contributed by atoms with Crippen molar-refractivity contribution in [1.82, 2.24) is 4.98 Å². The highest BCUT2D eigenvalue weighted by atomic mass is 32.1. The van der Waals surface area contributed by atoms with E-state index < -0.39 is 0 Å². The van der Waals surface area contributed by atoms with E-state index in [2.05, 4.69) is 28.4 Å². The monoisotopic (exact) mass is 228 g/mol. The number of aromatic nitrogens is 1. The van der Waals surface area contributed by atoms with E-state index in [9.17, 15) is 0 Å². The molecule has 0 spiro atoms. The van der Waals surface area contributed by atoms with Crippen LogP contribution in [0.5, 0.6) is 0 Å². The Bertz CT molecular complexity index is 508. The average molecular weight is 228 g/mol. The molecule has 2 rings (SSSR count). The number of rotatable bonds is 3. The quantitative estimate of drug-likeness (QED) is 0.816. The number of hydrogen-bond acceptors (Lipinski definition) is 3. The van der Waals surface area contributed by atoms with Gasteiger partial charge in [-0.3, -0.25) is 0 Å². The summed E-state index contributed by atoms with van der Waals surface area (Å²) in [6.07, 6.45) is 5.22. The Morgan fingerprint density at radius 1 is 1.38 bits per heavy atom. The van der Waals surface area contributed by atoms with E-state index in [1.165, 1.54) is 0 Å². The molecule has 1 aromatic heterocycles. The first-order chi connectivity index (χ1) is 7.81. The van der Waals surface area contributed by atoms with Crippen molar-refractivity contribution in [2.75, 3.05) is 11.9 Å². The lowest BCUT2D eigenvalue weighted by molar-refractivity contribution is 1.25. The lowest BCUT2D eigenvalue weighted by atomic mass is 10.2. The maximum atomic E-state index is 5.22. The van der Waals surface area contributed by atoms with E-state index >= 15 is 0 Å². The molecule has 16 heavy (non-hydrogen) atoms. The molecule has 0 radical (unpaired) electrons. The van der Waals surface area contributed by atoms with Crippen LogP contribution in [0, 0.1) is 19.3 Å². The predicted octanol–water partition coefficient (Wildman–Crippen LogP) is 3.16. The van der Waals surface area contributed by atoms with Crippen LogP contribution in [0.25, 0.3) is 10.6 Å². The molecule has 0 atom stereocenters. The summed E-state index contributed by atoms with van der Waals surface area (Å²) in [5.74, 6) is 2.56. The van der Waals surface area contributed by atoms with Crippen LogP contribution in [0.15, 0.2) is 30.3 Å². The van der Waals surface area contributed by atoms with Crippen LogP contribution in [0.2, 0.25) is 0 Å². The molecule has 80 valence electrons. The van der Waals surface area contributed by atoms with Gasteiger partial charge in [-0.2, -0.15) is 0 Å². The van der Waals surface area contributed by atoms with Gasteiger partial charge in [0.1, 0.15) is 10.0 Å². The Hall–Kier alpha value is -1.79. The molecule has 0 unspecified atom stereocenters. The van der Waals surface area contributed by atoms with Crippen molar-refractivity contribution in [1.29, 1.82) is 0 Å². The summed E-state index contributed by atoms with van der Waals surface area (Å²) in [4.78, 5) is 4.52. The van der Waals surface area contributed by atoms with Gasteiger partial charge in [0, 0.05) is 5.56 Å². The second-order valence-corrected chi connectivity index (χ2v) is 4.36. The number of aryl methyl sites for hydroxylation is 1. The normalized spacial score (nSPS) is 9.75.